The van der Waals surface area contributed by atoms with E-state index in [1.54, 1.807) is 12.1 Å². The molecule has 4 aromatic carbocycles. The number of aryl methyl sites for hydroxylation is 4. The minimum absolute atomic E-state index is 0.283. The quantitative estimate of drug-likeness (QED) is 0.157. The zero-order valence-electron chi connectivity index (χ0n) is 31.5. The fraction of sp³-hybridized carbons (Fsp3) is 0.372. The van der Waals surface area contributed by atoms with Crippen LogP contribution < -0.4 is 9.47 Å². The van der Waals surface area contributed by atoms with Gasteiger partial charge in [0.15, 0.2) is 0 Å². The van der Waals surface area contributed by atoms with Gasteiger partial charge in [0, 0.05) is 6.92 Å². The minimum Gasteiger partial charge on any atom is -0.489 e. The largest absolute Gasteiger partial charge is 0.489 e. The van der Waals surface area contributed by atoms with E-state index in [1.807, 2.05) is 99.6 Å². The molecule has 0 aliphatic rings. The fourth-order valence-electron chi connectivity index (χ4n) is 3.31. The highest BCUT2D eigenvalue weighted by molar-refractivity contribution is 5.69. The summed E-state index contributed by atoms with van der Waals surface area (Å²) in [5.41, 5.74) is 7.57. The summed E-state index contributed by atoms with van der Waals surface area (Å²) in [6, 6.07) is 32.6. The molecule has 0 saturated carbocycles. The Bertz CT molecular complexity index is 1240. The van der Waals surface area contributed by atoms with Gasteiger partial charge in [-0.25, -0.2) is 0 Å². The fourth-order valence-corrected chi connectivity index (χ4v) is 3.31. The molecule has 0 fully saturated rings. The minimum atomic E-state index is -0.283. The SMILES string of the molecule is CC.CC.CC.CC.CC(=O)Oc1ccc(C)cc1.CC=Cc1ccc(C)cc1.CCc1ccc(COc2ccc(C)cc2)cc1. The maximum absolute atomic E-state index is 10.5. The van der Waals surface area contributed by atoms with E-state index in [0.717, 1.165) is 17.7 Å². The molecule has 46 heavy (non-hydrogen) atoms. The van der Waals surface area contributed by atoms with E-state index >= 15 is 0 Å². The highest BCUT2D eigenvalue weighted by Gasteiger charge is 1.97. The number of hydrogen-bond acceptors (Lipinski definition) is 3. The molecule has 0 bridgehead atoms. The molecule has 0 heterocycles. The van der Waals surface area contributed by atoms with Gasteiger partial charge in [-0.2, -0.15) is 0 Å². The van der Waals surface area contributed by atoms with Crippen LogP contribution in [-0.4, -0.2) is 5.97 Å². The van der Waals surface area contributed by atoms with E-state index in [1.165, 1.54) is 34.7 Å². The standard InChI is InChI=1S/C16H18O.C10H12.C9H10O2.4C2H6/c1-3-14-6-8-15(9-7-14)12-17-16-10-4-13(2)5-11-16;1-3-4-10-7-5-9(2)6-8-10;1-7-3-5-9(6-4-7)11-8(2)10;4*1-2/h4-11H,3,12H2,1-2H3;3-8H,1-2H3;3-6H,1-2H3;4*1-2H3. The van der Waals surface area contributed by atoms with Crippen molar-refractivity contribution in [2.24, 2.45) is 0 Å². The number of benzene rings is 4. The van der Waals surface area contributed by atoms with Crippen molar-refractivity contribution in [2.45, 2.75) is 110 Å². The lowest BCUT2D eigenvalue weighted by atomic mass is 10.1. The molecule has 0 aliphatic heterocycles. The Morgan fingerprint density at radius 2 is 0.935 bits per heavy atom. The first-order valence-electron chi connectivity index (χ1n) is 17.0. The van der Waals surface area contributed by atoms with Gasteiger partial charge in [0.25, 0.3) is 0 Å². The predicted molar refractivity (Wildman–Crippen MR) is 205 cm³/mol. The summed E-state index contributed by atoms with van der Waals surface area (Å²) in [5.74, 6) is 1.24. The first kappa shape index (κ1) is 46.3. The Kier molecular flexibility index (Phi) is 32.5. The summed E-state index contributed by atoms with van der Waals surface area (Å²) in [7, 11) is 0. The maximum Gasteiger partial charge on any atom is 0.308 e. The van der Waals surface area contributed by atoms with Crippen molar-refractivity contribution >= 4 is 12.0 Å². The monoisotopic (exact) mass is 628 g/mol. The number of ether oxygens (including phenoxy) is 2. The molecular weight excluding hydrogens is 564 g/mol. The molecule has 4 aromatic rings. The van der Waals surface area contributed by atoms with Gasteiger partial charge in [-0.05, 0) is 75.1 Å². The lowest BCUT2D eigenvalue weighted by Crippen LogP contribution is -2.00. The highest BCUT2D eigenvalue weighted by atomic mass is 16.5. The molecule has 0 saturated heterocycles. The second-order valence-electron chi connectivity index (χ2n) is 9.09. The highest BCUT2D eigenvalue weighted by Crippen LogP contribution is 2.14. The lowest BCUT2D eigenvalue weighted by molar-refractivity contribution is -0.131. The van der Waals surface area contributed by atoms with Crippen LogP contribution in [-0.2, 0) is 17.8 Å². The third-order valence-corrected chi connectivity index (χ3v) is 5.58. The smallest absolute Gasteiger partial charge is 0.308 e. The Morgan fingerprint density at radius 1 is 0.565 bits per heavy atom. The molecule has 254 valence electrons. The average molecular weight is 629 g/mol. The van der Waals surface area contributed by atoms with Crippen molar-refractivity contribution in [1.29, 1.82) is 0 Å². The van der Waals surface area contributed by atoms with E-state index in [9.17, 15) is 4.79 Å². The second kappa shape index (κ2) is 32.3. The molecule has 0 amide bonds. The summed E-state index contributed by atoms with van der Waals surface area (Å²) in [6.07, 6.45) is 5.23. The van der Waals surface area contributed by atoms with Gasteiger partial charge in [0.05, 0.1) is 0 Å². The van der Waals surface area contributed by atoms with Gasteiger partial charge < -0.3 is 9.47 Å². The first-order chi connectivity index (χ1) is 22.3. The van der Waals surface area contributed by atoms with Crippen LogP contribution in [0.4, 0.5) is 0 Å². The second-order valence-corrected chi connectivity index (χ2v) is 9.09. The van der Waals surface area contributed by atoms with Crippen LogP contribution in [0.3, 0.4) is 0 Å². The topological polar surface area (TPSA) is 35.5 Å². The number of esters is 1. The van der Waals surface area contributed by atoms with Crippen molar-refractivity contribution in [3.05, 3.63) is 137 Å². The zero-order valence-corrected chi connectivity index (χ0v) is 31.5. The maximum atomic E-state index is 10.5. The van der Waals surface area contributed by atoms with Crippen LogP contribution in [0.25, 0.3) is 6.08 Å². The number of hydrogen-bond donors (Lipinski definition) is 0. The molecule has 0 radical (unpaired) electrons. The van der Waals surface area contributed by atoms with Crippen LogP contribution in [0.5, 0.6) is 11.5 Å². The van der Waals surface area contributed by atoms with Crippen LogP contribution in [0, 0.1) is 20.8 Å². The van der Waals surface area contributed by atoms with E-state index < -0.39 is 0 Å². The summed E-state index contributed by atoms with van der Waals surface area (Å²) in [4.78, 5) is 10.5. The van der Waals surface area contributed by atoms with E-state index in [4.69, 9.17) is 9.47 Å². The molecule has 0 N–H and O–H groups in total. The zero-order chi connectivity index (χ0) is 35.8. The Balaban J connectivity index is -0.000000561. The van der Waals surface area contributed by atoms with E-state index in [-0.39, 0.29) is 5.97 Å². The number of carbonyl (C=O) groups is 1. The Hall–Kier alpha value is -4.11. The summed E-state index contributed by atoms with van der Waals surface area (Å²) < 4.78 is 10.6. The molecule has 0 unspecified atom stereocenters. The molecular formula is C43H64O3. The van der Waals surface area contributed by atoms with Crippen molar-refractivity contribution in [2.75, 3.05) is 0 Å². The molecule has 4 rings (SSSR count). The molecule has 0 aliphatic carbocycles. The van der Waals surface area contributed by atoms with E-state index in [0.29, 0.717) is 12.4 Å². The predicted octanol–water partition coefficient (Wildman–Crippen LogP) is 13.2. The Labute approximate surface area is 283 Å². The van der Waals surface area contributed by atoms with Crippen molar-refractivity contribution in [3.8, 4) is 11.5 Å². The van der Waals surface area contributed by atoms with Gasteiger partial charge in [-0.15, -0.1) is 0 Å². The number of rotatable bonds is 6. The number of carbonyl (C=O) groups excluding carboxylic acids is 1. The molecule has 0 spiro atoms. The average Bonchev–Trinajstić information content (AvgIpc) is 3.11. The molecule has 0 atom stereocenters. The molecule has 0 aromatic heterocycles. The summed E-state index contributed by atoms with van der Waals surface area (Å²) in [5, 5.41) is 0. The first-order valence-corrected chi connectivity index (χ1v) is 17.0. The van der Waals surface area contributed by atoms with Crippen LogP contribution in [0.2, 0.25) is 0 Å². The summed E-state index contributed by atoms with van der Waals surface area (Å²) in [6.45, 7) is 28.4. The van der Waals surface area contributed by atoms with Gasteiger partial charge >= 0.3 is 5.97 Å². The third-order valence-electron chi connectivity index (χ3n) is 5.58. The van der Waals surface area contributed by atoms with Crippen LogP contribution >= 0.6 is 0 Å². The molecule has 3 nitrogen and oxygen atoms in total. The van der Waals surface area contributed by atoms with Crippen LogP contribution in [0.1, 0.15) is 110 Å². The van der Waals surface area contributed by atoms with E-state index in [2.05, 4.69) is 87.5 Å². The normalized spacial score (nSPS) is 8.83. The van der Waals surface area contributed by atoms with Crippen molar-refractivity contribution in [1.82, 2.24) is 0 Å². The van der Waals surface area contributed by atoms with Crippen LogP contribution in [0.15, 0.2) is 103 Å². The van der Waals surface area contributed by atoms with Crippen molar-refractivity contribution < 1.29 is 14.3 Å². The summed E-state index contributed by atoms with van der Waals surface area (Å²) >= 11 is 0. The van der Waals surface area contributed by atoms with Gasteiger partial charge in [-0.3, -0.25) is 4.79 Å². The van der Waals surface area contributed by atoms with Gasteiger partial charge in [0.2, 0.25) is 0 Å². The molecule has 3 heteroatoms. The van der Waals surface area contributed by atoms with Crippen molar-refractivity contribution in [3.63, 3.8) is 0 Å². The number of allylic oxidation sites excluding steroid dienone is 1. The Morgan fingerprint density at radius 3 is 1.30 bits per heavy atom. The van der Waals surface area contributed by atoms with Gasteiger partial charge in [0.1, 0.15) is 18.1 Å². The lowest BCUT2D eigenvalue weighted by Gasteiger charge is -2.07. The third kappa shape index (κ3) is 24.2. The van der Waals surface area contributed by atoms with Gasteiger partial charge in [-0.1, -0.05) is 164 Å².